The van der Waals surface area contributed by atoms with E-state index in [4.69, 9.17) is 4.74 Å². The van der Waals surface area contributed by atoms with E-state index in [1.165, 1.54) is 54.7 Å². The monoisotopic (exact) mass is 529 g/mol. The Kier molecular flexibility index (Phi) is 9.49. The molecule has 2 N–H and O–H groups in total. The number of aryl methyl sites for hydroxylation is 1. The first-order chi connectivity index (χ1) is 17.8. The van der Waals surface area contributed by atoms with E-state index < -0.39 is 17.8 Å². The number of carbonyl (C=O) groups excluding carboxylic acids is 2. The van der Waals surface area contributed by atoms with E-state index in [0.29, 0.717) is 10.6 Å². The molecular formula is C30H43NO5S. The molecule has 7 heteroatoms. The lowest BCUT2D eigenvalue weighted by atomic mass is 9.78. The number of carboxylic acid groups (broad SMARTS) is 1. The minimum absolute atomic E-state index is 0.0356. The van der Waals surface area contributed by atoms with Gasteiger partial charge in [0.2, 0.25) is 5.91 Å². The molecule has 2 saturated carbocycles. The number of amides is 1. The highest BCUT2D eigenvalue weighted by molar-refractivity contribution is 7.17. The summed E-state index contributed by atoms with van der Waals surface area (Å²) in [5.41, 5.74) is 3.83. The van der Waals surface area contributed by atoms with E-state index in [1.54, 1.807) is 6.92 Å². The van der Waals surface area contributed by atoms with Gasteiger partial charge < -0.3 is 15.2 Å². The van der Waals surface area contributed by atoms with Crippen molar-refractivity contribution in [3.05, 3.63) is 27.2 Å². The molecule has 2 fully saturated rings. The van der Waals surface area contributed by atoms with Gasteiger partial charge in [0, 0.05) is 4.88 Å². The van der Waals surface area contributed by atoms with E-state index in [0.717, 1.165) is 61.7 Å². The SMILES string of the molecule is CCOC(=O)c1c(NC(=O)[C@@H]2[C@@H](C(=O)O)[C@H]3CC[C@@H]2C3=C(C)C)sc2c1CCCCCCCCCCC2. The molecule has 0 radical (unpaired) electrons. The van der Waals surface area contributed by atoms with Crippen LogP contribution in [0.15, 0.2) is 11.1 Å². The van der Waals surface area contributed by atoms with Crippen molar-refractivity contribution < 1.29 is 24.2 Å². The van der Waals surface area contributed by atoms with E-state index in [2.05, 4.69) is 5.32 Å². The standard InChI is InChI=1S/C30H43NO5S/c1-4-36-30(35)26-19-14-12-10-8-6-5-7-9-11-13-15-22(19)37-28(26)31-27(32)24-20-16-17-21(23(20)18(2)3)25(24)29(33)34/h20-21,24-25H,4-17H2,1-3H3,(H,31,32)(H,33,34)/t20-,21+,24+,25+/m1/s1. The Bertz CT molecular complexity index is 1040. The molecule has 1 aromatic rings. The van der Waals surface area contributed by atoms with Crippen molar-refractivity contribution in [2.24, 2.45) is 23.7 Å². The Morgan fingerprint density at radius 2 is 1.46 bits per heavy atom. The van der Waals surface area contributed by atoms with Crippen LogP contribution >= 0.6 is 11.3 Å². The second kappa shape index (κ2) is 12.6. The Balaban J connectivity index is 1.65. The molecule has 2 bridgehead atoms. The molecule has 1 amide bonds. The fraction of sp³-hybridized carbons (Fsp3) is 0.700. The Hall–Kier alpha value is -2.15. The predicted molar refractivity (Wildman–Crippen MR) is 147 cm³/mol. The molecule has 6 nitrogen and oxygen atoms in total. The maximum absolute atomic E-state index is 13.8. The van der Waals surface area contributed by atoms with Crippen LogP contribution in [0.5, 0.6) is 0 Å². The fourth-order valence-electron chi connectivity index (χ4n) is 7.11. The molecule has 37 heavy (non-hydrogen) atoms. The summed E-state index contributed by atoms with van der Waals surface area (Å²) < 4.78 is 5.46. The third kappa shape index (κ3) is 5.97. The molecule has 204 valence electrons. The van der Waals surface area contributed by atoms with Crippen LogP contribution < -0.4 is 5.32 Å². The van der Waals surface area contributed by atoms with Crippen molar-refractivity contribution in [3.63, 3.8) is 0 Å². The number of thiophene rings is 1. The summed E-state index contributed by atoms with van der Waals surface area (Å²) in [6.07, 6.45) is 14.1. The normalized spacial score (nSPS) is 26.4. The zero-order valence-corrected chi connectivity index (χ0v) is 23.5. The zero-order chi connectivity index (χ0) is 26.5. The number of carbonyl (C=O) groups is 3. The van der Waals surface area contributed by atoms with Crippen LogP contribution in [0.2, 0.25) is 0 Å². The van der Waals surface area contributed by atoms with Crippen molar-refractivity contribution in [1.29, 1.82) is 0 Å². The number of carboxylic acids is 1. The first-order valence-corrected chi connectivity index (χ1v) is 15.2. The molecule has 1 aromatic heterocycles. The lowest BCUT2D eigenvalue weighted by Crippen LogP contribution is -2.38. The largest absolute Gasteiger partial charge is 0.481 e. The van der Waals surface area contributed by atoms with E-state index >= 15 is 0 Å². The second-order valence-corrected chi connectivity index (χ2v) is 12.3. The first kappa shape index (κ1) is 27.9. The molecule has 0 spiro atoms. The van der Waals surface area contributed by atoms with Crippen LogP contribution in [0.3, 0.4) is 0 Å². The van der Waals surface area contributed by atoms with Crippen LogP contribution in [-0.4, -0.2) is 29.6 Å². The van der Waals surface area contributed by atoms with Crippen LogP contribution in [0.1, 0.15) is 112 Å². The molecule has 0 aromatic carbocycles. The van der Waals surface area contributed by atoms with Gasteiger partial charge in [-0.05, 0) is 76.7 Å². The number of hydrogen-bond donors (Lipinski definition) is 2. The molecule has 3 aliphatic rings. The molecule has 1 heterocycles. The lowest BCUT2D eigenvalue weighted by molar-refractivity contribution is -0.148. The summed E-state index contributed by atoms with van der Waals surface area (Å²) in [5.74, 6) is -2.97. The average molecular weight is 530 g/mol. The average Bonchev–Trinajstić information content (AvgIpc) is 3.52. The van der Waals surface area contributed by atoms with Crippen LogP contribution in [0.25, 0.3) is 0 Å². The Morgan fingerprint density at radius 1 is 0.892 bits per heavy atom. The van der Waals surface area contributed by atoms with E-state index in [1.807, 2.05) is 13.8 Å². The predicted octanol–water partition coefficient (Wildman–Crippen LogP) is 7.17. The van der Waals surface area contributed by atoms with Gasteiger partial charge in [-0.25, -0.2) is 4.79 Å². The number of rotatable bonds is 5. The van der Waals surface area contributed by atoms with E-state index in [-0.39, 0.29) is 30.3 Å². The molecule has 3 aliphatic carbocycles. The number of anilines is 1. The highest BCUT2D eigenvalue weighted by Crippen LogP contribution is 2.57. The number of allylic oxidation sites excluding steroid dienone is 2. The molecular weight excluding hydrogens is 486 g/mol. The molecule has 4 rings (SSSR count). The van der Waals surface area contributed by atoms with Gasteiger partial charge in [-0.1, -0.05) is 56.1 Å². The van der Waals surface area contributed by atoms with Gasteiger partial charge in [-0.15, -0.1) is 11.3 Å². The van der Waals surface area contributed by atoms with Gasteiger partial charge in [0.25, 0.3) is 0 Å². The fourth-order valence-corrected chi connectivity index (χ4v) is 8.39. The summed E-state index contributed by atoms with van der Waals surface area (Å²) in [7, 11) is 0. The van der Waals surface area contributed by atoms with Crippen molar-refractivity contribution >= 4 is 34.2 Å². The van der Waals surface area contributed by atoms with Crippen LogP contribution in [-0.2, 0) is 27.2 Å². The van der Waals surface area contributed by atoms with Crippen molar-refractivity contribution in [2.75, 3.05) is 11.9 Å². The number of nitrogens with one attached hydrogen (secondary N) is 1. The third-order valence-electron chi connectivity index (χ3n) is 8.64. The van der Waals surface area contributed by atoms with Gasteiger partial charge in [-0.2, -0.15) is 0 Å². The Morgan fingerprint density at radius 3 is 2.03 bits per heavy atom. The number of fused-ring (bicyclic) bond motifs is 3. The molecule has 0 unspecified atom stereocenters. The number of aliphatic carboxylic acids is 1. The Labute approximate surface area is 225 Å². The topological polar surface area (TPSA) is 92.7 Å². The summed E-state index contributed by atoms with van der Waals surface area (Å²) in [6.45, 7) is 6.12. The number of esters is 1. The van der Waals surface area contributed by atoms with Crippen LogP contribution in [0, 0.1) is 23.7 Å². The molecule has 0 saturated heterocycles. The quantitative estimate of drug-likeness (QED) is 0.312. The maximum Gasteiger partial charge on any atom is 0.341 e. The minimum Gasteiger partial charge on any atom is -0.481 e. The smallest absolute Gasteiger partial charge is 0.341 e. The highest BCUT2D eigenvalue weighted by atomic mass is 32.1. The van der Waals surface area contributed by atoms with Gasteiger partial charge in [0.1, 0.15) is 5.00 Å². The summed E-state index contributed by atoms with van der Waals surface area (Å²) in [5, 5.41) is 13.7. The molecule has 0 aliphatic heterocycles. The van der Waals surface area contributed by atoms with Gasteiger partial charge in [0.05, 0.1) is 24.0 Å². The second-order valence-electron chi connectivity index (χ2n) is 11.2. The number of ether oxygens (including phenoxy) is 1. The third-order valence-corrected chi connectivity index (χ3v) is 9.85. The minimum atomic E-state index is -0.897. The van der Waals surface area contributed by atoms with E-state index in [9.17, 15) is 19.5 Å². The summed E-state index contributed by atoms with van der Waals surface area (Å²) in [4.78, 5) is 40.4. The maximum atomic E-state index is 13.8. The van der Waals surface area contributed by atoms with Gasteiger partial charge in [0.15, 0.2) is 0 Å². The zero-order valence-electron chi connectivity index (χ0n) is 22.7. The van der Waals surface area contributed by atoms with Crippen molar-refractivity contribution in [2.45, 2.75) is 104 Å². The summed E-state index contributed by atoms with van der Waals surface area (Å²) >= 11 is 1.50. The highest BCUT2D eigenvalue weighted by Gasteiger charge is 2.57. The molecule has 4 atom stereocenters. The van der Waals surface area contributed by atoms with Gasteiger partial charge >= 0.3 is 11.9 Å². The van der Waals surface area contributed by atoms with Crippen molar-refractivity contribution in [1.82, 2.24) is 0 Å². The van der Waals surface area contributed by atoms with Crippen molar-refractivity contribution in [3.8, 4) is 0 Å². The summed E-state index contributed by atoms with van der Waals surface area (Å²) in [6, 6.07) is 0. The van der Waals surface area contributed by atoms with Crippen LogP contribution in [0.4, 0.5) is 5.00 Å². The first-order valence-electron chi connectivity index (χ1n) is 14.4. The van der Waals surface area contributed by atoms with Gasteiger partial charge in [-0.3, -0.25) is 9.59 Å². The lowest BCUT2D eigenvalue weighted by Gasteiger charge is -2.26. The number of hydrogen-bond acceptors (Lipinski definition) is 5.